The summed E-state index contributed by atoms with van der Waals surface area (Å²) >= 11 is 0. The molecule has 4 nitrogen and oxygen atoms in total. The fraction of sp³-hybridized carbons (Fsp3) is 0.400. The van der Waals surface area contributed by atoms with E-state index < -0.39 is 0 Å². The molecule has 0 bridgehead atoms. The van der Waals surface area contributed by atoms with Crippen molar-refractivity contribution in [2.24, 2.45) is 5.92 Å². The maximum atomic E-state index is 11.6. The summed E-state index contributed by atoms with van der Waals surface area (Å²) in [6.07, 6.45) is 0. The molecule has 4 heteroatoms. The van der Waals surface area contributed by atoms with Gasteiger partial charge in [0.15, 0.2) is 5.94 Å². The highest BCUT2D eigenvalue weighted by molar-refractivity contribution is 5.86. The predicted molar refractivity (Wildman–Crippen MR) is 74.0 cm³/mol. The van der Waals surface area contributed by atoms with Gasteiger partial charge in [-0.05, 0) is 6.92 Å². The molecule has 1 rings (SSSR count). The van der Waals surface area contributed by atoms with Crippen molar-refractivity contribution in [1.82, 2.24) is 4.90 Å². The smallest absolute Gasteiger partial charge is 0.310 e. The van der Waals surface area contributed by atoms with Gasteiger partial charge >= 0.3 is 5.97 Å². The highest BCUT2D eigenvalue weighted by Crippen LogP contribution is 2.16. The van der Waals surface area contributed by atoms with Gasteiger partial charge < -0.3 is 9.64 Å². The first kappa shape index (κ1) is 15.0. The Balaban J connectivity index is 2.74. The van der Waals surface area contributed by atoms with Crippen LogP contribution in [-0.4, -0.2) is 37.0 Å². The summed E-state index contributed by atoms with van der Waals surface area (Å²) in [7, 11) is 1.77. The Morgan fingerprint density at radius 2 is 2.00 bits per heavy atom. The molecule has 0 N–H and O–H groups in total. The van der Waals surface area contributed by atoms with Crippen molar-refractivity contribution in [2.45, 2.75) is 13.8 Å². The molecular formula is C15H19NO3. The van der Waals surface area contributed by atoms with Crippen molar-refractivity contribution in [3.05, 3.63) is 35.9 Å². The maximum Gasteiger partial charge on any atom is 0.310 e. The minimum absolute atomic E-state index is 0.257. The monoisotopic (exact) mass is 261 g/mol. The zero-order valence-electron chi connectivity index (χ0n) is 11.6. The second-order valence-electron chi connectivity index (χ2n) is 4.35. The minimum atomic E-state index is -0.294. The number of carbonyl (C=O) groups is 1. The largest absolute Gasteiger partial charge is 0.466 e. The Labute approximate surface area is 113 Å². The second kappa shape index (κ2) is 7.39. The summed E-state index contributed by atoms with van der Waals surface area (Å²) < 4.78 is 4.95. The Kier molecular flexibility index (Phi) is 5.83. The van der Waals surface area contributed by atoms with E-state index in [1.54, 1.807) is 25.8 Å². The molecule has 0 radical (unpaired) electrons. The van der Waals surface area contributed by atoms with Gasteiger partial charge in [-0.1, -0.05) is 37.3 Å². The molecule has 19 heavy (non-hydrogen) atoms. The third kappa shape index (κ3) is 4.27. The third-order valence-corrected chi connectivity index (χ3v) is 2.76. The SMILES string of the molecule is CCOC(=O)C(C)CN(C)C(=C=O)c1ccccc1. The normalized spacial score (nSPS) is 11.3. The lowest BCUT2D eigenvalue weighted by Crippen LogP contribution is -2.29. The van der Waals surface area contributed by atoms with Crippen LogP contribution in [0.4, 0.5) is 0 Å². The topological polar surface area (TPSA) is 46.6 Å². The van der Waals surface area contributed by atoms with Crippen LogP contribution in [0.3, 0.4) is 0 Å². The van der Waals surface area contributed by atoms with E-state index in [0.29, 0.717) is 18.8 Å². The van der Waals surface area contributed by atoms with Crippen molar-refractivity contribution in [3.8, 4) is 0 Å². The number of ether oxygens (including phenoxy) is 1. The molecule has 0 saturated heterocycles. The zero-order valence-corrected chi connectivity index (χ0v) is 11.6. The minimum Gasteiger partial charge on any atom is -0.466 e. The van der Waals surface area contributed by atoms with Gasteiger partial charge in [0.2, 0.25) is 0 Å². The number of benzene rings is 1. The first-order chi connectivity index (χ1) is 9.10. The molecule has 0 heterocycles. The first-order valence-corrected chi connectivity index (χ1v) is 6.28. The van der Waals surface area contributed by atoms with Gasteiger partial charge in [-0.25, -0.2) is 4.79 Å². The van der Waals surface area contributed by atoms with Crippen molar-refractivity contribution in [3.63, 3.8) is 0 Å². The number of rotatable bonds is 6. The van der Waals surface area contributed by atoms with E-state index in [4.69, 9.17) is 4.74 Å². The quantitative estimate of drug-likeness (QED) is 0.580. The van der Waals surface area contributed by atoms with Gasteiger partial charge in [0.25, 0.3) is 0 Å². The van der Waals surface area contributed by atoms with Crippen LogP contribution in [0.15, 0.2) is 30.3 Å². The molecule has 1 unspecified atom stereocenters. The molecule has 1 aromatic rings. The third-order valence-electron chi connectivity index (χ3n) is 2.76. The molecule has 102 valence electrons. The predicted octanol–water partition coefficient (Wildman–Crippen LogP) is 1.99. The zero-order chi connectivity index (χ0) is 14.3. The van der Waals surface area contributed by atoms with E-state index in [9.17, 15) is 9.59 Å². The molecule has 0 aliphatic rings. The molecule has 1 aromatic carbocycles. The lowest BCUT2D eigenvalue weighted by molar-refractivity contribution is -0.147. The van der Waals surface area contributed by atoms with E-state index >= 15 is 0 Å². The summed E-state index contributed by atoms with van der Waals surface area (Å²) in [4.78, 5) is 24.4. The summed E-state index contributed by atoms with van der Waals surface area (Å²) in [6.45, 7) is 4.33. The lowest BCUT2D eigenvalue weighted by Gasteiger charge is -2.22. The molecule has 0 aromatic heterocycles. The number of esters is 1. The van der Waals surface area contributed by atoms with Crippen LogP contribution in [0.2, 0.25) is 0 Å². The average molecular weight is 261 g/mol. The van der Waals surface area contributed by atoms with Crippen LogP contribution in [0.5, 0.6) is 0 Å². The molecular weight excluding hydrogens is 242 g/mol. The van der Waals surface area contributed by atoms with Crippen molar-refractivity contribution < 1.29 is 14.3 Å². The van der Waals surface area contributed by atoms with Gasteiger partial charge in [-0.3, -0.25) is 4.79 Å². The number of carbonyl (C=O) groups excluding carboxylic acids is 2. The van der Waals surface area contributed by atoms with Gasteiger partial charge in [0.1, 0.15) is 5.70 Å². The van der Waals surface area contributed by atoms with E-state index in [1.165, 1.54) is 0 Å². The van der Waals surface area contributed by atoms with E-state index in [-0.39, 0.29) is 11.9 Å². The first-order valence-electron chi connectivity index (χ1n) is 6.28. The summed E-state index contributed by atoms with van der Waals surface area (Å²) in [5.41, 5.74) is 1.23. The molecule has 0 spiro atoms. The fourth-order valence-electron chi connectivity index (χ4n) is 1.81. The number of hydrogen-bond acceptors (Lipinski definition) is 4. The summed E-state index contributed by atoms with van der Waals surface area (Å²) in [5.74, 6) is 1.38. The molecule has 1 atom stereocenters. The van der Waals surface area contributed by atoms with Crippen LogP contribution < -0.4 is 0 Å². The standard InChI is InChI=1S/C15H19NO3/c1-4-19-15(18)12(2)10-16(3)14(11-17)13-8-6-5-7-9-13/h5-9,12H,4,10H2,1-3H3. The van der Waals surface area contributed by atoms with Crippen molar-refractivity contribution in [1.29, 1.82) is 0 Å². The van der Waals surface area contributed by atoms with E-state index in [1.807, 2.05) is 36.3 Å². The summed E-state index contributed by atoms with van der Waals surface area (Å²) in [6, 6.07) is 9.27. The Bertz CT molecular complexity index is 464. The Morgan fingerprint density at radius 3 is 2.53 bits per heavy atom. The number of nitrogens with zero attached hydrogens (tertiary/aromatic N) is 1. The van der Waals surface area contributed by atoms with Crippen LogP contribution in [0.1, 0.15) is 19.4 Å². The van der Waals surface area contributed by atoms with E-state index in [0.717, 1.165) is 5.56 Å². The molecule has 0 fully saturated rings. The van der Waals surface area contributed by atoms with Crippen molar-refractivity contribution >= 4 is 17.6 Å². The molecule has 0 aliphatic carbocycles. The van der Waals surface area contributed by atoms with Gasteiger partial charge in [0, 0.05) is 19.2 Å². The van der Waals surface area contributed by atoms with Crippen LogP contribution in [0, 0.1) is 5.92 Å². The Morgan fingerprint density at radius 1 is 1.37 bits per heavy atom. The van der Waals surface area contributed by atoms with Crippen LogP contribution >= 0.6 is 0 Å². The van der Waals surface area contributed by atoms with Gasteiger partial charge in [-0.2, -0.15) is 0 Å². The van der Waals surface area contributed by atoms with Crippen molar-refractivity contribution in [2.75, 3.05) is 20.2 Å². The molecule has 0 amide bonds. The molecule has 0 saturated carbocycles. The second-order valence-corrected chi connectivity index (χ2v) is 4.35. The highest BCUT2D eigenvalue weighted by atomic mass is 16.5. The van der Waals surface area contributed by atoms with Crippen LogP contribution in [-0.2, 0) is 14.3 Å². The number of hydrogen-bond donors (Lipinski definition) is 0. The molecule has 0 aliphatic heterocycles. The van der Waals surface area contributed by atoms with E-state index in [2.05, 4.69) is 0 Å². The Hall–Kier alpha value is -2.06. The lowest BCUT2D eigenvalue weighted by atomic mass is 10.1. The van der Waals surface area contributed by atoms with Gasteiger partial charge in [0.05, 0.1) is 12.5 Å². The van der Waals surface area contributed by atoms with Crippen LogP contribution in [0.25, 0.3) is 5.70 Å². The fourth-order valence-corrected chi connectivity index (χ4v) is 1.81. The highest BCUT2D eigenvalue weighted by Gasteiger charge is 2.18. The summed E-state index contributed by atoms with van der Waals surface area (Å²) in [5, 5.41) is 0. The maximum absolute atomic E-state index is 11.6. The average Bonchev–Trinajstić information content (AvgIpc) is 2.41. The van der Waals surface area contributed by atoms with Gasteiger partial charge in [-0.15, -0.1) is 0 Å².